The molecule has 25 heavy (non-hydrogen) atoms. The van der Waals surface area contributed by atoms with E-state index in [4.69, 9.17) is 14.2 Å². The van der Waals surface area contributed by atoms with E-state index in [1.54, 1.807) is 0 Å². The lowest BCUT2D eigenvalue weighted by Gasteiger charge is -2.41. The van der Waals surface area contributed by atoms with Crippen LogP contribution in [-0.4, -0.2) is 60.7 Å². The Hall–Kier alpha value is -1.18. The Morgan fingerprint density at radius 1 is 1.16 bits per heavy atom. The summed E-state index contributed by atoms with van der Waals surface area (Å²) in [6.07, 6.45) is -3.18. The minimum absolute atomic E-state index is 0.397. The van der Waals surface area contributed by atoms with Crippen LogP contribution in [0, 0.1) is 6.92 Å². The molecular formula is C19H29NO5. The molecule has 3 saturated heterocycles. The molecule has 0 aromatic heterocycles. The zero-order valence-electron chi connectivity index (χ0n) is 15.1. The Morgan fingerprint density at radius 2 is 1.92 bits per heavy atom. The smallest absolute Gasteiger partial charge is 0.186 e. The second-order valence-corrected chi connectivity index (χ2v) is 7.19. The summed E-state index contributed by atoms with van der Waals surface area (Å²) >= 11 is 0. The molecular weight excluding hydrogens is 322 g/mol. The summed E-state index contributed by atoms with van der Waals surface area (Å²) in [5.41, 5.74) is 3.57. The van der Waals surface area contributed by atoms with Gasteiger partial charge in [0.25, 0.3) is 0 Å². The molecule has 3 aliphatic rings. The monoisotopic (exact) mass is 351 g/mol. The summed E-state index contributed by atoms with van der Waals surface area (Å²) < 4.78 is 17.1. The van der Waals surface area contributed by atoms with Crippen LogP contribution in [0.1, 0.15) is 37.3 Å². The van der Waals surface area contributed by atoms with Crippen LogP contribution in [0.5, 0.6) is 0 Å². The Kier molecular flexibility index (Phi) is 5.96. The first-order valence-electron chi connectivity index (χ1n) is 9.06. The van der Waals surface area contributed by atoms with Gasteiger partial charge in [-0.25, -0.2) is 0 Å². The molecule has 0 amide bonds. The number of nitrogens with one attached hydrogen (secondary N) is 1. The third kappa shape index (κ3) is 4.15. The Labute approximate surface area is 149 Å². The fourth-order valence-corrected chi connectivity index (χ4v) is 3.54. The number of hydrogen-bond donors (Lipinski definition) is 3. The van der Waals surface area contributed by atoms with Crippen LogP contribution in [0.25, 0.3) is 0 Å². The van der Waals surface area contributed by atoms with E-state index in [2.05, 4.69) is 44.3 Å². The summed E-state index contributed by atoms with van der Waals surface area (Å²) in [4.78, 5) is 0. The molecule has 3 fully saturated rings. The normalized spacial score (nSPS) is 33.0. The number of ether oxygens (including phenoxy) is 3. The zero-order valence-corrected chi connectivity index (χ0v) is 15.1. The first-order valence-corrected chi connectivity index (χ1v) is 9.06. The molecule has 1 aromatic rings. The van der Waals surface area contributed by atoms with Crippen LogP contribution in [-0.2, 0) is 14.2 Å². The van der Waals surface area contributed by atoms with Crippen LogP contribution in [0.15, 0.2) is 18.2 Å². The summed E-state index contributed by atoms with van der Waals surface area (Å²) in [5.74, 6) is 0.490. The van der Waals surface area contributed by atoms with Gasteiger partial charge in [-0.1, -0.05) is 19.9 Å². The fraction of sp³-hybridized carbons (Fsp3) is 0.684. The zero-order chi connectivity index (χ0) is 18.0. The molecule has 0 saturated carbocycles. The van der Waals surface area contributed by atoms with Gasteiger partial charge in [0.05, 0.1) is 6.61 Å². The second-order valence-electron chi connectivity index (χ2n) is 7.19. The van der Waals surface area contributed by atoms with E-state index >= 15 is 0 Å². The predicted octanol–water partition coefficient (Wildman–Crippen LogP) is 1.78. The standard InChI is InChI=1S/C19H29NO5/c1-11(2)14-6-5-13(9-12(14)3)20-10-15-18-16(21)17(22)19(25-15)24-8-4-7-23-18/h5-6,9,11,15-22H,4,7-8,10H2,1-3H3. The molecule has 0 spiro atoms. The molecule has 140 valence electrons. The number of fused-ring (bicyclic) bond motifs is 6. The predicted molar refractivity (Wildman–Crippen MR) is 94.7 cm³/mol. The molecule has 1 aromatic carbocycles. The van der Waals surface area contributed by atoms with E-state index in [9.17, 15) is 10.2 Å². The van der Waals surface area contributed by atoms with E-state index in [1.807, 2.05) is 0 Å². The van der Waals surface area contributed by atoms with Crippen LogP contribution in [0.3, 0.4) is 0 Å². The Balaban J connectivity index is 1.68. The van der Waals surface area contributed by atoms with Gasteiger partial charge < -0.3 is 29.7 Å². The molecule has 3 aliphatic heterocycles. The number of hydrogen-bond acceptors (Lipinski definition) is 6. The molecule has 3 N–H and O–H groups in total. The fourth-order valence-electron chi connectivity index (χ4n) is 3.54. The van der Waals surface area contributed by atoms with E-state index in [-0.39, 0.29) is 0 Å². The average molecular weight is 351 g/mol. The highest BCUT2D eigenvalue weighted by Crippen LogP contribution is 2.27. The van der Waals surface area contributed by atoms with Crippen molar-refractivity contribution in [3.63, 3.8) is 0 Å². The lowest BCUT2D eigenvalue weighted by Crippen LogP contribution is -2.60. The lowest BCUT2D eigenvalue weighted by atomic mass is 9.97. The van der Waals surface area contributed by atoms with Gasteiger partial charge in [-0.2, -0.15) is 0 Å². The third-order valence-electron chi connectivity index (χ3n) is 4.92. The van der Waals surface area contributed by atoms with Gasteiger partial charge in [0.15, 0.2) is 6.29 Å². The van der Waals surface area contributed by atoms with Gasteiger partial charge in [-0.15, -0.1) is 0 Å². The minimum Gasteiger partial charge on any atom is -0.387 e. The number of benzene rings is 1. The van der Waals surface area contributed by atoms with Crippen LogP contribution < -0.4 is 5.32 Å². The highest BCUT2D eigenvalue weighted by atomic mass is 16.7. The maximum absolute atomic E-state index is 10.3. The number of anilines is 1. The number of aryl methyl sites for hydroxylation is 1. The van der Waals surface area contributed by atoms with E-state index in [1.165, 1.54) is 11.1 Å². The summed E-state index contributed by atoms with van der Waals surface area (Å²) in [6, 6.07) is 6.31. The van der Waals surface area contributed by atoms with Crippen molar-refractivity contribution in [2.75, 3.05) is 25.1 Å². The first-order chi connectivity index (χ1) is 12.0. The SMILES string of the molecule is Cc1cc(NCC2OC3OCCCOC2C(O)C3O)ccc1C(C)C. The summed E-state index contributed by atoms with van der Waals surface area (Å²) in [6.45, 7) is 7.86. The van der Waals surface area contributed by atoms with Gasteiger partial charge in [0, 0.05) is 18.8 Å². The van der Waals surface area contributed by atoms with Gasteiger partial charge in [0.2, 0.25) is 0 Å². The van der Waals surface area contributed by atoms with Crippen molar-refractivity contribution < 1.29 is 24.4 Å². The van der Waals surface area contributed by atoms with Gasteiger partial charge in [0.1, 0.15) is 24.4 Å². The maximum Gasteiger partial charge on any atom is 0.186 e. The first kappa shape index (κ1) is 18.6. The summed E-state index contributed by atoms with van der Waals surface area (Å²) in [5, 5.41) is 23.8. The topological polar surface area (TPSA) is 80.2 Å². The van der Waals surface area contributed by atoms with Crippen molar-refractivity contribution in [3.8, 4) is 0 Å². The summed E-state index contributed by atoms with van der Waals surface area (Å²) in [7, 11) is 0. The average Bonchev–Trinajstić information content (AvgIpc) is 2.71. The molecule has 5 unspecified atom stereocenters. The highest BCUT2D eigenvalue weighted by molar-refractivity contribution is 5.49. The van der Waals surface area contributed by atoms with Crippen LogP contribution in [0.4, 0.5) is 5.69 Å². The van der Waals surface area contributed by atoms with Crippen LogP contribution in [0.2, 0.25) is 0 Å². The Bertz CT molecular complexity index is 577. The Morgan fingerprint density at radius 3 is 2.64 bits per heavy atom. The quantitative estimate of drug-likeness (QED) is 0.767. The van der Waals surface area contributed by atoms with Gasteiger partial charge in [-0.3, -0.25) is 0 Å². The lowest BCUT2D eigenvalue weighted by molar-refractivity contribution is -0.291. The van der Waals surface area contributed by atoms with Gasteiger partial charge in [-0.05, 0) is 42.5 Å². The molecule has 3 heterocycles. The van der Waals surface area contributed by atoms with Crippen molar-refractivity contribution in [1.29, 1.82) is 0 Å². The number of rotatable bonds is 4. The van der Waals surface area contributed by atoms with E-state index in [0.717, 1.165) is 5.69 Å². The van der Waals surface area contributed by atoms with E-state index in [0.29, 0.717) is 32.1 Å². The van der Waals surface area contributed by atoms with Gasteiger partial charge >= 0.3 is 0 Å². The highest BCUT2D eigenvalue weighted by Gasteiger charge is 2.46. The van der Waals surface area contributed by atoms with E-state index < -0.39 is 30.7 Å². The molecule has 0 radical (unpaired) electrons. The van der Waals surface area contributed by atoms with Crippen molar-refractivity contribution in [2.24, 2.45) is 0 Å². The van der Waals surface area contributed by atoms with Crippen molar-refractivity contribution >= 4 is 5.69 Å². The minimum atomic E-state index is -1.09. The van der Waals surface area contributed by atoms with Crippen molar-refractivity contribution in [2.45, 2.75) is 63.8 Å². The molecule has 2 bridgehead atoms. The maximum atomic E-state index is 10.3. The molecule has 5 atom stereocenters. The van der Waals surface area contributed by atoms with Crippen LogP contribution >= 0.6 is 0 Å². The molecule has 6 heteroatoms. The van der Waals surface area contributed by atoms with Crippen molar-refractivity contribution in [1.82, 2.24) is 0 Å². The molecule has 0 aliphatic carbocycles. The molecule has 6 nitrogen and oxygen atoms in total. The number of aliphatic hydroxyl groups is 2. The molecule has 4 rings (SSSR count). The second kappa shape index (κ2) is 8.01. The van der Waals surface area contributed by atoms with Crippen molar-refractivity contribution in [3.05, 3.63) is 29.3 Å². The number of aliphatic hydroxyl groups excluding tert-OH is 2. The largest absolute Gasteiger partial charge is 0.387 e. The third-order valence-corrected chi connectivity index (χ3v) is 4.92.